The van der Waals surface area contributed by atoms with Crippen molar-refractivity contribution in [3.05, 3.63) is 64.0 Å². The second kappa shape index (κ2) is 9.18. The van der Waals surface area contributed by atoms with Gasteiger partial charge in [-0.2, -0.15) is 0 Å². The predicted molar refractivity (Wildman–Crippen MR) is 129 cm³/mol. The zero-order valence-corrected chi connectivity index (χ0v) is 19.8. The molecule has 1 aliphatic heterocycles. The summed E-state index contributed by atoms with van der Waals surface area (Å²) >= 11 is 7.42. The van der Waals surface area contributed by atoms with Crippen molar-refractivity contribution in [2.24, 2.45) is 0 Å². The molecule has 0 aliphatic carbocycles. The first-order valence-corrected chi connectivity index (χ1v) is 13.4. The molecule has 1 amide bonds. The minimum absolute atomic E-state index is 0.0748. The molecule has 8 heteroatoms. The van der Waals surface area contributed by atoms with Crippen LogP contribution in [0, 0.1) is 0 Å². The van der Waals surface area contributed by atoms with E-state index in [1.165, 1.54) is 34.7 Å². The lowest BCUT2D eigenvalue weighted by atomic mass is 10.2. The van der Waals surface area contributed by atoms with Crippen molar-refractivity contribution in [3.8, 4) is 0 Å². The molecule has 2 heterocycles. The molecule has 0 radical (unpaired) electrons. The number of rotatable bonds is 5. The molecule has 1 aliphatic rings. The fourth-order valence-electron chi connectivity index (χ4n) is 3.88. The molecule has 2 aromatic carbocycles. The fraction of sp³-hybridized carbons (Fsp3) is 0.348. The average Bonchev–Trinajstić information content (AvgIpc) is 2.96. The van der Waals surface area contributed by atoms with Gasteiger partial charge in [-0.3, -0.25) is 9.10 Å². The average molecular weight is 477 g/mol. The Morgan fingerprint density at radius 1 is 1.03 bits per heavy atom. The van der Waals surface area contributed by atoms with Crippen molar-refractivity contribution in [1.82, 2.24) is 4.90 Å². The van der Waals surface area contributed by atoms with Gasteiger partial charge in [0.2, 0.25) is 10.0 Å². The van der Waals surface area contributed by atoms with Gasteiger partial charge in [-0.05, 0) is 60.2 Å². The summed E-state index contributed by atoms with van der Waals surface area (Å²) in [7, 11) is -3.50. The number of nitrogens with zero attached hydrogens (tertiary/aromatic N) is 2. The molecule has 1 aromatic heterocycles. The largest absolute Gasteiger partial charge is 0.338 e. The molecule has 5 nitrogen and oxygen atoms in total. The van der Waals surface area contributed by atoms with Crippen LogP contribution in [0.15, 0.2) is 48.5 Å². The number of hydrogen-bond donors (Lipinski definition) is 0. The number of fused-ring (bicyclic) bond motifs is 1. The van der Waals surface area contributed by atoms with Crippen molar-refractivity contribution in [1.29, 1.82) is 0 Å². The Bertz CT molecular complexity index is 1180. The number of anilines is 1. The molecule has 4 rings (SSSR count). The Morgan fingerprint density at radius 3 is 2.35 bits per heavy atom. The van der Waals surface area contributed by atoms with Crippen LogP contribution in [0.2, 0.25) is 5.02 Å². The van der Waals surface area contributed by atoms with Crippen molar-refractivity contribution >= 4 is 54.6 Å². The molecule has 1 fully saturated rings. The number of benzene rings is 2. The van der Waals surface area contributed by atoms with E-state index in [9.17, 15) is 13.2 Å². The van der Waals surface area contributed by atoms with Gasteiger partial charge in [-0.15, -0.1) is 11.3 Å². The number of thiophene rings is 1. The Labute approximate surface area is 192 Å². The standard InChI is InChI=1S/C23H25ClN2O3S2/c1-31(28,29)26(16-17-6-8-19(24)9-7-17)20-10-11-21-18(14-20)15-22(30-21)23(27)25-12-4-2-3-5-13-25/h6-11,14-15H,2-5,12-13,16H2,1H3. The maximum atomic E-state index is 13.0. The second-order valence-corrected chi connectivity index (χ2v) is 11.4. The van der Waals surface area contributed by atoms with Gasteiger partial charge in [0, 0.05) is 22.8 Å². The highest BCUT2D eigenvalue weighted by atomic mass is 35.5. The van der Waals surface area contributed by atoms with Gasteiger partial charge in [-0.1, -0.05) is 36.6 Å². The SMILES string of the molecule is CS(=O)(=O)N(Cc1ccc(Cl)cc1)c1ccc2sc(C(=O)N3CCCCCC3)cc2c1. The monoisotopic (exact) mass is 476 g/mol. The number of carbonyl (C=O) groups excluding carboxylic acids is 1. The van der Waals surface area contributed by atoms with Crippen LogP contribution in [0.5, 0.6) is 0 Å². The Hall–Kier alpha value is -2.09. The van der Waals surface area contributed by atoms with Gasteiger partial charge in [0.15, 0.2) is 0 Å². The lowest BCUT2D eigenvalue weighted by Crippen LogP contribution is -2.31. The number of hydrogen-bond acceptors (Lipinski definition) is 4. The van der Waals surface area contributed by atoms with Crippen LogP contribution in [-0.2, 0) is 16.6 Å². The van der Waals surface area contributed by atoms with Crippen molar-refractivity contribution in [2.45, 2.75) is 32.2 Å². The molecular weight excluding hydrogens is 452 g/mol. The minimum atomic E-state index is -3.50. The van der Waals surface area contributed by atoms with Crippen LogP contribution in [0.25, 0.3) is 10.1 Å². The van der Waals surface area contributed by atoms with Crippen molar-refractivity contribution in [3.63, 3.8) is 0 Å². The molecule has 0 saturated carbocycles. The summed E-state index contributed by atoms with van der Waals surface area (Å²) in [6.45, 7) is 1.83. The van der Waals surface area contributed by atoms with Gasteiger partial charge in [0.1, 0.15) is 0 Å². The first-order chi connectivity index (χ1) is 14.8. The van der Waals surface area contributed by atoms with Gasteiger partial charge < -0.3 is 4.90 Å². The van der Waals surface area contributed by atoms with Crippen molar-refractivity contribution < 1.29 is 13.2 Å². The van der Waals surface area contributed by atoms with Crippen LogP contribution in [0.4, 0.5) is 5.69 Å². The van der Waals surface area contributed by atoms with E-state index >= 15 is 0 Å². The molecule has 0 atom stereocenters. The van der Waals surface area contributed by atoms with E-state index in [0.29, 0.717) is 15.6 Å². The quantitative estimate of drug-likeness (QED) is 0.486. The maximum absolute atomic E-state index is 13.0. The highest BCUT2D eigenvalue weighted by molar-refractivity contribution is 7.92. The highest BCUT2D eigenvalue weighted by Gasteiger charge is 2.22. The Balaban J connectivity index is 1.63. The Morgan fingerprint density at radius 2 is 1.71 bits per heavy atom. The molecule has 0 N–H and O–H groups in total. The second-order valence-electron chi connectivity index (χ2n) is 7.94. The van der Waals surface area contributed by atoms with E-state index in [2.05, 4.69) is 0 Å². The summed E-state index contributed by atoms with van der Waals surface area (Å²) in [6, 6.07) is 14.6. The summed E-state index contributed by atoms with van der Waals surface area (Å²) in [4.78, 5) is 15.6. The van der Waals surface area contributed by atoms with Crippen LogP contribution < -0.4 is 4.31 Å². The number of carbonyl (C=O) groups is 1. The van der Waals surface area contributed by atoms with Crippen LogP contribution in [0.1, 0.15) is 40.9 Å². The fourth-order valence-corrected chi connectivity index (χ4v) is 5.89. The van der Waals surface area contributed by atoms with E-state index in [1.807, 2.05) is 35.2 Å². The third-order valence-corrected chi connectivity index (χ3v) is 8.03. The van der Waals surface area contributed by atoms with E-state index in [-0.39, 0.29) is 12.5 Å². The molecule has 0 bridgehead atoms. The Kier molecular flexibility index (Phi) is 6.55. The van der Waals surface area contributed by atoms with E-state index < -0.39 is 10.0 Å². The minimum Gasteiger partial charge on any atom is -0.338 e. The molecule has 0 unspecified atom stereocenters. The topological polar surface area (TPSA) is 57.7 Å². The molecule has 1 saturated heterocycles. The van der Waals surface area contributed by atoms with E-state index in [0.717, 1.165) is 41.6 Å². The molecule has 3 aromatic rings. The third kappa shape index (κ3) is 5.22. The normalized spacial score (nSPS) is 15.1. The van der Waals surface area contributed by atoms with E-state index in [4.69, 9.17) is 11.6 Å². The molecule has 31 heavy (non-hydrogen) atoms. The summed E-state index contributed by atoms with van der Waals surface area (Å²) in [6.07, 6.45) is 5.65. The molecular formula is C23H25ClN2O3S2. The number of sulfonamides is 1. The smallest absolute Gasteiger partial charge is 0.263 e. The predicted octanol–water partition coefficient (Wildman–Crippen LogP) is 5.54. The zero-order chi connectivity index (χ0) is 22.0. The maximum Gasteiger partial charge on any atom is 0.263 e. The highest BCUT2D eigenvalue weighted by Crippen LogP contribution is 2.32. The zero-order valence-electron chi connectivity index (χ0n) is 17.4. The van der Waals surface area contributed by atoms with Gasteiger partial charge in [-0.25, -0.2) is 8.42 Å². The van der Waals surface area contributed by atoms with Crippen LogP contribution in [0.3, 0.4) is 0 Å². The number of likely N-dealkylation sites (tertiary alicyclic amines) is 1. The summed E-state index contributed by atoms with van der Waals surface area (Å²) in [5, 5.41) is 1.49. The summed E-state index contributed by atoms with van der Waals surface area (Å²) in [5.41, 5.74) is 1.42. The van der Waals surface area contributed by atoms with Crippen LogP contribution >= 0.6 is 22.9 Å². The molecule has 164 valence electrons. The van der Waals surface area contributed by atoms with Gasteiger partial charge in [0.05, 0.1) is 23.4 Å². The first kappa shape index (κ1) is 22.1. The number of halogens is 1. The number of amides is 1. The third-order valence-electron chi connectivity index (χ3n) is 5.53. The lowest BCUT2D eigenvalue weighted by molar-refractivity contribution is 0.0766. The summed E-state index contributed by atoms with van der Waals surface area (Å²) < 4.78 is 27.4. The first-order valence-electron chi connectivity index (χ1n) is 10.4. The summed E-state index contributed by atoms with van der Waals surface area (Å²) in [5.74, 6) is 0.0748. The van der Waals surface area contributed by atoms with E-state index in [1.54, 1.807) is 18.2 Å². The molecule has 0 spiro atoms. The van der Waals surface area contributed by atoms with Gasteiger partial charge in [0.25, 0.3) is 5.91 Å². The van der Waals surface area contributed by atoms with Gasteiger partial charge >= 0.3 is 0 Å². The van der Waals surface area contributed by atoms with Crippen LogP contribution in [-0.4, -0.2) is 38.6 Å². The van der Waals surface area contributed by atoms with Crippen molar-refractivity contribution in [2.75, 3.05) is 23.7 Å². The lowest BCUT2D eigenvalue weighted by Gasteiger charge is -2.22.